The number of benzene rings is 1. The lowest BCUT2D eigenvalue weighted by molar-refractivity contribution is -0.154. The summed E-state index contributed by atoms with van der Waals surface area (Å²) in [7, 11) is 0. The van der Waals surface area contributed by atoms with Gasteiger partial charge in [0.25, 0.3) is 5.91 Å². The molecule has 2 amide bonds. The molecule has 2 N–H and O–H groups in total. The number of amides is 2. The molecule has 0 aliphatic rings. The van der Waals surface area contributed by atoms with Gasteiger partial charge in [0.15, 0.2) is 6.61 Å². The van der Waals surface area contributed by atoms with Gasteiger partial charge in [0.2, 0.25) is 11.8 Å². The highest BCUT2D eigenvalue weighted by Gasteiger charge is 2.28. The molecule has 1 atom stereocenters. The summed E-state index contributed by atoms with van der Waals surface area (Å²) in [6.45, 7) is 2.09. The summed E-state index contributed by atoms with van der Waals surface area (Å²) >= 11 is 0. The van der Waals surface area contributed by atoms with Gasteiger partial charge < -0.3 is 15.4 Å². The zero-order chi connectivity index (χ0) is 20.7. The van der Waals surface area contributed by atoms with Crippen LogP contribution in [0, 0.1) is 0 Å². The summed E-state index contributed by atoms with van der Waals surface area (Å²) in [5, 5.41) is 5.50. The summed E-state index contributed by atoms with van der Waals surface area (Å²) < 4.78 is 40.9. The molecule has 1 heterocycles. The van der Waals surface area contributed by atoms with Crippen LogP contribution in [0.1, 0.15) is 42.2 Å². The number of alkyl halides is 3. The second kappa shape index (κ2) is 9.20. The van der Waals surface area contributed by atoms with Crippen molar-refractivity contribution in [2.45, 2.75) is 32.5 Å². The van der Waals surface area contributed by atoms with E-state index in [0.29, 0.717) is 12.1 Å². The van der Waals surface area contributed by atoms with Crippen molar-refractivity contribution in [3.05, 3.63) is 53.7 Å². The van der Waals surface area contributed by atoms with E-state index in [0.717, 1.165) is 11.8 Å². The third-order valence-electron chi connectivity index (χ3n) is 3.75. The van der Waals surface area contributed by atoms with Gasteiger partial charge in [-0.15, -0.1) is 0 Å². The number of aromatic nitrogens is 1. The normalized spacial score (nSPS) is 12.2. The second-order valence-electron chi connectivity index (χ2n) is 6.01. The van der Waals surface area contributed by atoms with Crippen molar-refractivity contribution in [2.24, 2.45) is 0 Å². The number of hydrogen-bond donors (Lipinski definition) is 2. The number of carbonyl (C=O) groups is 2. The van der Waals surface area contributed by atoms with E-state index in [2.05, 4.69) is 20.4 Å². The van der Waals surface area contributed by atoms with Crippen LogP contribution in [0.2, 0.25) is 0 Å². The molecule has 1 aromatic heterocycles. The molecule has 28 heavy (non-hydrogen) atoms. The minimum atomic E-state index is -4.46. The Labute approximate surface area is 160 Å². The minimum Gasteiger partial charge on any atom is -0.468 e. The van der Waals surface area contributed by atoms with Crippen molar-refractivity contribution in [2.75, 3.05) is 11.9 Å². The fourth-order valence-electron chi connectivity index (χ4n) is 2.22. The largest absolute Gasteiger partial charge is 0.468 e. The van der Waals surface area contributed by atoms with Gasteiger partial charge in [0, 0.05) is 24.4 Å². The maximum Gasteiger partial charge on any atom is 0.422 e. The molecule has 9 heteroatoms. The first-order valence-corrected chi connectivity index (χ1v) is 8.54. The molecule has 0 saturated heterocycles. The zero-order valence-corrected chi connectivity index (χ0v) is 15.3. The summed E-state index contributed by atoms with van der Waals surface area (Å²) in [6, 6.07) is 9.25. The van der Waals surface area contributed by atoms with Crippen LogP contribution in [0.4, 0.5) is 18.9 Å². The van der Waals surface area contributed by atoms with Crippen molar-refractivity contribution >= 4 is 17.5 Å². The molecule has 0 spiro atoms. The Morgan fingerprint density at radius 3 is 2.36 bits per heavy atom. The molecule has 2 aromatic rings. The molecule has 2 rings (SSSR count). The van der Waals surface area contributed by atoms with E-state index in [1.165, 1.54) is 12.1 Å². The van der Waals surface area contributed by atoms with Gasteiger partial charge in [-0.1, -0.05) is 19.1 Å². The van der Waals surface area contributed by atoms with Crippen molar-refractivity contribution in [1.82, 2.24) is 10.3 Å². The van der Waals surface area contributed by atoms with Crippen LogP contribution in [-0.2, 0) is 4.79 Å². The van der Waals surface area contributed by atoms with E-state index in [1.807, 2.05) is 0 Å². The van der Waals surface area contributed by atoms with Crippen LogP contribution in [0.3, 0.4) is 0 Å². The number of anilines is 1. The summed E-state index contributed by atoms with van der Waals surface area (Å²) in [6.07, 6.45) is -2.93. The standard InChI is InChI=1S/C19H20F3N3O3/c1-3-16(26)25-15-7-4-13(5-8-15)12(2)24-18(27)14-6-9-17(23-10-14)28-11-19(20,21)22/h4-10,12H,3,11H2,1-2H3,(H,24,27)(H,25,26). The Kier molecular flexibility index (Phi) is 6.97. The van der Waals surface area contributed by atoms with Crippen LogP contribution in [0.25, 0.3) is 0 Å². The van der Waals surface area contributed by atoms with Crippen LogP contribution in [0.5, 0.6) is 5.88 Å². The molecule has 0 saturated carbocycles. The van der Waals surface area contributed by atoms with Crippen molar-refractivity contribution in [3.8, 4) is 5.88 Å². The Morgan fingerprint density at radius 2 is 1.82 bits per heavy atom. The number of pyridine rings is 1. The van der Waals surface area contributed by atoms with E-state index in [1.54, 1.807) is 38.1 Å². The monoisotopic (exact) mass is 395 g/mol. The molecule has 150 valence electrons. The van der Waals surface area contributed by atoms with E-state index in [4.69, 9.17) is 0 Å². The van der Waals surface area contributed by atoms with Gasteiger partial charge in [-0.25, -0.2) is 4.98 Å². The van der Waals surface area contributed by atoms with Gasteiger partial charge >= 0.3 is 6.18 Å². The number of hydrogen-bond acceptors (Lipinski definition) is 4. The minimum absolute atomic E-state index is 0.0933. The molecule has 1 aromatic carbocycles. The fraction of sp³-hybridized carbons (Fsp3) is 0.316. The molecule has 0 aliphatic carbocycles. The fourth-order valence-corrected chi connectivity index (χ4v) is 2.22. The predicted molar refractivity (Wildman–Crippen MR) is 97.0 cm³/mol. The second-order valence-corrected chi connectivity index (χ2v) is 6.01. The van der Waals surface area contributed by atoms with Gasteiger partial charge in [-0.05, 0) is 30.7 Å². The van der Waals surface area contributed by atoms with Crippen LogP contribution >= 0.6 is 0 Å². The Balaban J connectivity index is 1.93. The topological polar surface area (TPSA) is 80.3 Å². The van der Waals surface area contributed by atoms with Gasteiger partial charge in [-0.2, -0.15) is 13.2 Å². The van der Waals surface area contributed by atoms with Crippen molar-refractivity contribution < 1.29 is 27.5 Å². The average Bonchev–Trinajstić information content (AvgIpc) is 2.66. The molecule has 0 aliphatic heterocycles. The maximum absolute atomic E-state index is 12.3. The SMILES string of the molecule is CCC(=O)Nc1ccc(C(C)NC(=O)c2ccc(OCC(F)(F)F)nc2)cc1. The molecule has 0 fully saturated rings. The third kappa shape index (κ3) is 6.57. The summed E-state index contributed by atoms with van der Waals surface area (Å²) in [5.74, 6) is -0.735. The Hall–Kier alpha value is -3.10. The number of nitrogens with one attached hydrogen (secondary N) is 2. The average molecular weight is 395 g/mol. The molecular formula is C19H20F3N3O3. The molecule has 6 nitrogen and oxygen atoms in total. The highest BCUT2D eigenvalue weighted by molar-refractivity contribution is 5.94. The third-order valence-corrected chi connectivity index (χ3v) is 3.75. The maximum atomic E-state index is 12.3. The van der Waals surface area contributed by atoms with Crippen LogP contribution < -0.4 is 15.4 Å². The zero-order valence-electron chi connectivity index (χ0n) is 15.3. The highest BCUT2D eigenvalue weighted by atomic mass is 19.4. The highest BCUT2D eigenvalue weighted by Crippen LogP contribution is 2.19. The number of carbonyl (C=O) groups excluding carboxylic acids is 2. The first-order chi connectivity index (χ1) is 13.2. The van der Waals surface area contributed by atoms with E-state index < -0.39 is 18.7 Å². The molecule has 0 radical (unpaired) electrons. The van der Waals surface area contributed by atoms with Gasteiger partial charge in [0.1, 0.15) is 0 Å². The lowest BCUT2D eigenvalue weighted by Crippen LogP contribution is -2.26. The van der Waals surface area contributed by atoms with Gasteiger partial charge in [0.05, 0.1) is 11.6 Å². The smallest absolute Gasteiger partial charge is 0.422 e. The lowest BCUT2D eigenvalue weighted by Gasteiger charge is -2.15. The number of halogens is 3. The molecule has 1 unspecified atom stereocenters. The van der Waals surface area contributed by atoms with E-state index in [-0.39, 0.29) is 23.4 Å². The van der Waals surface area contributed by atoms with Crippen LogP contribution in [0.15, 0.2) is 42.6 Å². The molecular weight excluding hydrogens is 375 g/mol. The van der Waals surface area contributed by atoms with Crippen molar-refractivity contribution in [1.29, 1.82) is 0 Å². The number of rotatable bonds is 7. The van der Waals surface area contributed by atoms with Crippen LogP contribution in [-0.4, -0.2) is 29.6 Å². The van der Waals surface area contributed by atoms with Gasteiger partial charge in [-0.3, -0.25) is 9.59 Å². The first kappa shape index (κ1) is 21.2. The Bertz CT molecular complexity index is 806. The quantitative estimate of drug-likeness (QED) is 0.746. The lowest BCUT2D eigenvalue weighted by atomic mass is 10.1. The van der Waals surface area contributed by atoms with Crippen molar-refractivity contribution in [3.63, 3.8) is 0 Å². The predicted octanol–water partition coefficient (Wildman–Crippen LogP) is 3.86. The summed E-state index contributed by atoms with van der Waals surface area (Å²) in [4.78, 5) is 27.4. The Morgan fingerprint density at radius 1 is 1.14 bits per heavy atom. The number of ether oxygens (including phenoxy) is 1. The first-order valence-electron chi connectivity index (χ1n) is 8.54. The van der Waals surface area contributed by atoms with E-state index >= 15 is 0 Å². The summed E-state index contributed by atoms with van der Waals surface area (Å²) in [5.41, 5.74) is 1.67. The van der Waals surface area contributed by atoms with E-state index in [9.17, 15) is 22.8 Å². The number of nitrogens with zero attached hydrogens (tertiary/aromatic N) is 1. The molecule has 0 bridgehead atoms.